The fourth-order valence-electron chi connectivity index (χ4n) is 2.61. The zero-order valence-electron chi connectivity index (χ0n) is 11.7. The van der Waals surface area contributed by atoms with Crippen molar-refractivity contribution >= 4 is 11.6 Å². The molecule has 4 heteroatoms. The van der Waals surface area contributed by atoms with Crippen molar-refractivity contribution in [3.05, 3.63) is 11.4 Å². The van der Waals surface area contributed by atoms with Gasteiger partial charge in [0.2, 0.25) is 0 Å². The molecule has 18 heavy (non-hydrogen) atoms. The summed E-state index contributed by atoms with van der Waals surface area (Å²) in [6.07, 6.45) is 6.93. The van der Waals surface area contributed by atoms with Crippen LogP contribution in [0.3, 0.4) is 0 Å². The first-order valence-corrected chi connectivity index (χ1v) is 6.95. The minimum absolute atomic E-state index is 0.176. The molecule has 0 aromatic carbocycles. The molecule has 0 unspecified atom stereocenters. The van der Waals surface area contributed by atoms with E-state index >= 15 is 0 Å². The SMILES string of the molecule is CCCc1nc(N)c(C)c(NC2(C)CCCC2)n1. The Balaban J connectivity index is 2.25. The van der Waals surface area contributed by atoms with E-state index in [9.17, 15) is 0 Å². The highest BCUT2D eigenvalue weighted by Gasteiger charge is 2.29. The Morgan fingerprint density at radius 2 is 1.94 bits per heavy atom. The Kier molecular flexibility index (Phi) is 3.73. The van der Waals surface area contributed by atoms with Gasteiger partial charge in [-0.3, -0.25) is 0 Å². The van der Waals surface area contributed by atoms with Crippen molar-refractivity contribution < 1.29 is 0 Å². The van der Waals surface area contributed by atoms with Gasteiger partial charge < -0.3 is 11.1 Å². The number of nitrogens with zero attached hydrogens (tertiary/aromatic N) is 2. The first kappa shape index (κ1) is 13.1. The second-order valence-corrected chi connectivity index (χ2v) is 5.64. The highest BCUT2D eigenvalue weighted by molar-refractivity contribution is 5.56. The van der Waals surface area contributed by atoms with Crippen LogP contribution in [0.25, 0.3) is 0 Å². The number of aromatic nitrogens is 2. The number of anilines is 2. The molecular weight excluding hydrogens is 224 g/mol. The highest BCUT2D eigenvalue weighted by atomic mass is 15.1. The fraction of sp³-hybridized carbons (Fsp3) is 0.714. The van der Waals surface area contributed by atoms with Crippen molar-refractivity contribution in [3.8, 4) is 0 Å². The molecule has 0 atom stereocenters. The number of nitrogen functional groups attached to an aromatic ring is 1. The maximum Gasteiger partial charge on any atom is 0.135 e. The summed E-state index contributed by atoms with van der Waals surface area (Å²) in [5.74, 6) is 2.39. The average molecular weight is 248 g/mol. The van der Waals surface area contributed by atoms with E-state index in [1.807, 2.05) is 6.92 Å². The Morgan fingerprint density at radius 3 is 2.56 bits per heavy atom. The summed E-state index contributed by atoms with van der Waals surface area (Å²) in [6, 6.07) is 0. The monoisotopic (exact) mass is 248 g/mol. The van der Waals surface area contributed by atoms with E-state index in [1.54, 1.807) is 0 Å². The molecule has 1 saturated carbocycles. The van der Waals surface area contributed by atoms with Gasteiger partial charge in [-0.2, -0.15) is 0 Å². The largest absolute Gasteiger partial charge is 0.383 e. The molecule has 1 aromatic heterocycles. The molecule has 100 valence electrons. The first-order chi connectivity index (χ1) is 8.54. The van der Waals surface area contributed by atoms with Crippen molar-refractivity contribution in [1.82, 2.24) is 9.97 Å². The zero-order valence-corrected chi connectivity index (χ0v) is 11.7. The summed E-state index contributed by atoms with van der Waals surface area (Å²) in [4.78, 5) is 8.98. The van der Waals surface area contributed by atoms with Gasteiger partial charge in [-0.15, -0.1) is 0 Å². The van der Waals surface area contributed by atoms with E-state index in [4.69, 9.17) is 5.73 Å². The predicted octanol–water partition coefficient (Wildman–Crippen LogP) is 3.06. The molecular formula is C14H24N4. The molecule has 1 heterocycles. The number of nitrogens with one attached hydrogen (secondary N) is 1. The average Bonchev–Trinajstić information content (AvgIpc) is 2.73. The van der Waals surface area contributed by atoms with Gasteiger partial charge >= 0.3 is 0 Å². The minimum atomic E-state index is 0.176. The van der Waals surface area contributed by atoms with Gasteiger partial charge in [-0.05, 0) is 33.1 Å². The molecule has 0 saturated heterocycles. The molecule has 0 aliphatic heterocycles. The van der Waals surface area contributed by atoms with Gasteiger partial charge in [0.05, 0.1) is 0 Å². The van der Waals surface area contributed by atoms with Crippen molar-refractivity contribution in [3.63, 3.8) is 0 Å². The van der Waals surface area contributed by atoms with Gasteiger partial charge in [-0.25, -0.2) is 9.97 Å². The third-order valence-electron chi connectivity index (χ3n) is 3.83. The molecule has 0 spiro atoms. The summed E-state index contributed by atoms with van der Waals surface area (Å²) in [5, 5.41) is 3.59. The maximum atomic E-state index is 5.98. The Bertz CT molecular complexity index is 422. The molecule has 0 amide bonds. The molecule has 1 fully saturated rings. The standard InChI is InChI=1S/C14H24N4/c1-4-7-11-16-12(15)10(2)13(17-11)18-14(3)8-5-6-9-14/h4-9H2,1-3H3,(H3,15,16,17,18). The Morgan fingerprint density at radius 1 is 1.28 bits per heavy atom. The van der Waals surface area contributed by atoms with Gasteiger partial charge in [-0.1, -0.05) is 19.8 Å². The lowest BCUT2D eigenvalue weighted by atomic mass is 10.0. The number of hydrogen-bond acceptors (Lipinski definition) is 4. The first-order valence-electron chi connectivity index (χ1n) is 6.95. The molecule has 0 bridgehead atoms. The minimum Gasteiger partial charge on any atom is -0.383 e. The number of rotatable bonds is 4. The molecule has 1 aliphatic rings. The third kappa shape index (κ3) is 2.74. The van der Waals surface area contributed by atoms with Crippen LogP contribution in [0.1, 0.15) is 57.3 Å². The second-order valence-electron chi connectivity index (χ2n) is 5.64. The summed E-state index contributed by atoms with van der Waals surface area (Å²) in [5.41, 5.74) is 7.13. The van der Waals surface area contributed by atoms with E-state index in [-0.39, 0.29) is 5.54 Å². The van der Waals surface area contributed by atoms with Crippen molar-refractivity contribution in [2.45, 2.75) is 64.8 Å². The van der Waals surface area contributed by atoms with Crippen LogP contribution in [0.2, 0.25) is 0 Å². The van der Waals surface area contributed by atoms with Crippen molar-refractivity contribution in [2.24, 2.45) is 0 Å². The Labute approximate surface area is 109 Å². The van der Waals surface area contributed by atoms with Gasteiger partial charge in [0.25, 0.3) is 0 Å². The van der Waals surface area contributed by atoms with Gasteiger partial charge in [0, 0.05) is 17.5 Å². The lowest BCUT2D eigenvalue weighted by Gasteiger charge is -2.27. The van der Waals surface area contributed by atoms with Crippen LogP contribution in [-0.4, -0.2) is 15.5 Å². The number of nitrogens with two attached hydrogens (primary N) is 1. The summed E-state index contributed by atoms with van der Waals surface area (Å²) >= 11 is 0. The summed E-state index contributed by atoms with van der Waals surface area (Å²) < 4.78 is 0. The van der Waals surface area contributed by atoms with Gasteiger partial charge in [0.15, 0.2) is 0 Å². The Hall–Kier alpha value is -1.32. The highest BCUT2D eigenvalue weighted by Crippen LogP contribution is 2.33. The van der Waals surface area contributed by atoms with E-state index in [1.165, 1.54) is 25.7 Å². The summed E-state index contributed by atoms with van der Waals surface area (Å²) in [6.45, 7) is 6.40. The zero-order chi connectivity index (χ0) is 13.2. The van der Waals surface area contributed by atoms with E-state index in [0.29, 0.717) is 5.82 Å². The summed E-state index contributed by atoms with van der Waals surface area (Å²) in [7, 11) is 0. The van der Waals surface area contributed by atoms with Crippen molar-refractivity contribution in [1.29, 1.82) is 0 Å². The molecule has 0 radical (unpaired) electrons. The van der Waals surface area contributed by atoms with Crippen molar-refractivity contribution in [2.75, 3.05) is 11.1 Å². The fourth-order valence-corrected chi connectivity index (χ4v) is 2.61. The molecule has 1 aromatic rings. The number of hydrogen-bond donors (Lipinski definition) is 2. The lowest BCUT2D eigenvalue weighted by Crippen LogP contribution is -2.32. The topological polar surface area (TPSA) is 63.8 Å². The van der Waals surface area contributed by atoms with Crippen LogP contribution in [-0.2, 0) is 6.42 Å². The van der Waals surface area contributed by atoms with Crippen LogP contribution in [0.5, 0.6) is 0 Å². The van der Waals surface area contributed by atoms with Gasteiger partial charge in [0.1, 0.15) is 17.5 Å². The van der Waals surface area contributed by atoms with E-state index in [2.05, 4.69) is 29.1 Å². The quantitative estimate of drug-likeness (QED) is 0.859. The normalized spacial score (nSPS) is 17.9. The molecule has 1 aliphatic carbocycles. The molecule has 4 nitrogen and oxygen atoms in total. The van der Waals surface area contributed by atoms with Crippen LogP contribution >= 0.6 is 0 Å². The lowest BCUT2D eigenvalue weighted by molar-refractivity contribution is 0.530. The predicted molar refractivity (Wildman–Crippen MR) is 75.7 cm³/mol. The maximum absolute atomic E-state index is 5.98. The smallest absolute Gasteiger partial charge is 0.135 e. The third-order valence-corrected chi connectivity index (χ3v) is 3.83. The van der Waals surface area contributed by atoms with Crippen LogP contribution in [0, 0.1) is 6.92 Å². The molecule has 3 N–H and O–H groups in total. The van der Waals surface area contributed by atoms with Crippen LogP contribution < -0.4 is 11.1 Å². The van der Waals surface area contributed by atoms with E-state index < -0.39 is 0 Å². The molecule has 2 rings (SSSR count). The number of aryl methyl sites for hydroxylation is 1. The van der Waals surface area contributed by atoms with Crippen LogP contribution in [0.4, 0.5) is 11.6 Å². The second kappa shape index (κ2) is 5.12. The van der Waals surface area contributed by atoms with Crippen LogP contribution in [0.15, 0.2) is 0 Å². The van der Waals surface area contributed by atoms with E-state index in [0.717, 1.165) is 30.0 Å².